The van der Waals surface area contributed by atoms with Crippen molar-refractivity contribution >= 4 is 0 Å². The van der Waals surface area contributed by atoms with Crippen LogP contribution in [0.5, 0.6) is 0 Å². The fourth-order valence-corrected chi connectivity index (χ4v) is 4.96. The van der Waals surface area contributed by atoms with Crippen LogP contribution in [0.4, 0.5) is 0 Å². The molecule has 5 nitrogen and oxygen atoms in total. The third-order valence-corrected chi connectivity index (χ3v) is 5.99. The first kappa shape index (κ1) is 13.5. The van der Waals surface area contributed by atoms with Crippen LogP contribution in [0.15, 0.2) is 0 Å². The van der Waals surface area contributed by atoms with E-state index in [2.05, 4.69) is 13.8 Å². The van der Waals surface area contributed by atoms with E-state index < -0.39 is 5.60 Å². The van der Waals surface area contributed by atoms with E-state index in [0.29, 0.717) is 17.8 Å². The van der Waals surface area contributed by atoms with E-state index in [-0.39, 0.29) is 24.8 Å². The Labute approximate surface area is 119 Å². The SMILES string of the molecule is CO[C@H]1OC2OC3CCC4C(C)CC[C@@H]([C@H]1C)C24OO3. The van der Waals surface area contributed by atoms with Gasteiger partial charge in [-0.25, -0.2) is 9.78 Å². The van der Waals surface area contributed by atoms with Crippen molar-refractivity contribution in [2.45, 2.75) is 64.0 Å². The van der Waals surface area contributed by atoms with Crippen molar-refractivity contribution in [2.24, 2.45) is 23.7 Å². The van der Waals surface area contributed by atoms with Gasteiger partial charge in [-0.05, 0) is 31.1 Å². The number of hydrogen-bond donors (Lipinski definition) is 0. The smallest absolute Gasteiger partial charge is 0.196 e. The van der Waals surface area contributed by atoms with Crippen molar-refractivity contribution in [1.29, 1.82) is 0 Å². The molecule has 5 heteroatoms. The van der Waals surface area contributed by atoms with Crippen molar-refractivity contribution in [3.63, 3.8) is 0 Å². The maximum atomic E-state index is 6.09. The summed E-state index contributed by atoms with van der Waals surface area (Å²) in [6, 6.07) is 0. The highest BCUT2D eigenvalue weighted by atomic mass is 17.2. The molecule has 5 fully saturated rings. The Morgan fingerprint density at radius 1 is 1.00 bits per heavy atom. The molecular formula is C15H24O5. The summed E-state index contributed by atoms with van der Waals surface area (Å²) in [4.78, 5) is 11.5. The first-order valence-electron chi connectivity index (χ1n) is 7.85. The highest BCUT2D eigenvalue weighted by Crippen LogP contribution is 2.58. The lowest BCUT2D eigenvalue weighted by molar-refractivity contribution is -0.551. The molecule has 2 bridgehead atoms. The summed E-state index contributed by atoms with van der Waals surface area (Å²) in [5, 5.41) is 0. The summed E-state index contributed by atoms with van der Waals surface area (Å²) in [5.41, 5.74) is -0.445. The second-order valence-electron chi connectivity index (χ2n) is 6.87. The molecule has 0 aromatic rings. The van der Waals surface area contributed by atoms with Gasteiger partial charge >= 0.3 is 0 Å². The molecule has 0 amide bonds. The van der Waals surface area contributed by atoms with E-state index in [1.807, 2.05) is 0 Å². The molecule has 4 heterocycles. The molecular weight excluding hydrogens is 260 g/mol. The summed E-state index contributed by atoms with van der Waals surface area (Å²) < 4.78 is 17.6. The maximum absolute atomic E-state index is 6.09. The molecule has 0 radical (unpaired) electrons. The normalized spacial score (nSPS) is 58.0. The molecule has 1 saturated carbocycles. The fourth-order valence-electron chi connectivity index (χ4n) is 4.96. The summed E-state index contributed by atoms with van der Waals surface area (Å²) in [6.07, 6.45) is 3.46. The van der Waals surface area contributed by atoms with Crippen LogP contribution in [0.1, 0.15) is 39.5 Å². The van der Waals surface area contributed by atoms with Crippen LogP contribution in [0.3, 0.4) is 0 Å². The lowest BCUT2D eigenvalue weighted by Crippen LogP contribution is -2.69. The molecule has 0 aromatic heterocycles. The Bertz CT molecular complexity index is 388. The molecule has 5 rings (SSSR count). The standard InChI is InChI=1S/C15H24O5/c1-8-4-5-11-9(2)13(16-3)18-14-15(11)10(8)6-7-12(17-14)19-20-15/h8-14H,4-7H2,1-3H3/t8?,9-,10?,11+,12?,13+,14?,15?/m1/s1. The first-order chi connectivity index (χ1) is 9.66. The van der Waals surface area contributed by atoms with Crippen LogP contribution in [-0.4, -0.2) is 31.6 Å². The minimum absolute atomic E-state index is 0.215. The molecule has 5 unspecified atom stereocenters. The van der Waals surface area contributed by atoms with Crippen molar-refractivity contribution < 1.29 is 24.0 Å². The predicted molar refractivity (Wildman–Crippen MR) is 69.2 cm³/mol. The molecule has 5 aliphatic rings. The summed E-state index contributed by atoms with van der Waals surface area (Å²) >= 11 is 0. The van der Waals surface area contributed by atoms with E-state index in [0.717, 1.165) is 19.3 Å². The Balaban J connectivity index is 1.78. The van der Waals surface area contributed by atoms with Gasteiger partial charge in [0.15, 0.2) is 24.5 Å². The highest BCUT2D eigenvalue weighted by molar-refractivity contribution is 5.07. The Morgan fingerprint density at radius 2 is 1.80 bits per heavy atom. The lowest BCUT2D eigenvalue weighted by atomic mass is 9.58. The fraction of sp³-hybridized carbons (Fsp3) is 1.00. The Hall–Kier alpha value is -0.200. The van der Waals surface area contributed by atoms with Gasteiger partial charge < -0.3 is 14.2 Å². The molecule has 20 heavy (non-hydrogen) atoms. The maximum Gasteiger partial charge on any atom is 0.196 e. The van der Waals surface area contributed by atoms with Gasteiger partial charge in [0, 0.05) is 25.4 Å². The molecule has 0 aromatic carbocycles. The predicted octanol–water partition coefficient (Wildman–Crippen LogP) is 2.45. The molecule has 0 N–H and O–H groups in total. The quantitative estimate of drug-likeness (QED) is 0.692. The van der Waals surface area contributed by atoms with Gasteiger partial charge in [0.25, 0.3) is 0 Å². The minimum Gasteiger partial charge on any atom is -0.355 e. The van der Waals surface area contributed by atoms with Gasteiger partial charge in [-0.2, -0.15) is 0 Å². The Morgan fingerprint density at radius 3 is 2.60 bits per heavy atom. The van der Waals surface area contributed by atoms with Gasteiger partial charge in [-0.15, -0.1) is 0 Å². The number of methoxy groups -OCH3 is 1. The monoisotopic (exact) mass is 284 g/mol. The molecule has 4 saturated heterocycles. The van der Waals surface area contributed by atoms with Crippen LogP contribution in [0.2, 0.25) is 0 Å². The zero-order valence-corrected chi connectivity index (χ0v) is 12.4. The number of fused-ring (bicyclic) bond motifs is 2. The van der Waals surface area contributed by atoms with Crippen molar-refractivity contribution in [1.82, 2.24) is 0 Å². The molecule has 4 aliphatic heterocycles. The molecule has 1 spiro atoms. The van der Waals surface area contributed by atoms with Crippen LogP contribution in [-0.2, 0) is 24.0 Å². The minimum atomic E-state index is -0.445. The average Bonchev–Trinajstić information content (AvgIpc) is 2.73. The van der Waals surface area contributed by atoms with Gasteiger partial charge in [0.2, 0.25) is 0 Å². The van der Waals surface area contributed by atoms with Crippen molar-refractivity contribution in [3.8, 4) is 0 Å². The third-order valence-electron chi connectivity index (χ3n) is 5.99. The number of ether oxygens (including phenoxy) is 3. The summed E-state index contributed by atoms with van der Waals surface area (Å²) in [5.74, 6) is 1.71. The van der Waals surface area contributed by atoms with E-state index in [1.54, 1.807) is 7.11 Å². The van der Waals surface area contributed by atoms with E-state index in [1.165, 1.54) is 6.42 Å². The van der Waals surface area contributed by atoms with Gasteiger partial charge in [-0.3, -0.25) is 0 Å². The van der Waals surface area contributed by atoms with E-state index in [9.17, 15) is 0 Å². The van der Waals surface area contributed by atoms with Gasteiger partial charge in [-0.1, -0.05) is 13.8 Å². The van der Waals surface area contributed by atoms with E-state index in [4.69, 9.17) is 24.0 Å². The van der Waals surface area contributed by atoms with Gasteiger partial charge in [0.1, 0.15) is 0 Å². The van der Waals surface area contributed by atoms with Crippen LogP contribution >= 0.6 is 0 Å². The summed E-state index contributed by atoms with van der Waals surface area (Å²) in [6.45, 7) is 4.51. The van der Waals surface area contributed by atoms with Crippen LogP contribution < -0.4 is 0 Å². The van der Waals surface area contributed by atoms with Crippen molar-refractivity contribution in [2.75, 3.05) is 7.11 Å². The lowest BCUT2D eigenvalue weighted by Gasteiger charge is -2.59. The zero-order chi connectivity index (χ0) is 13.9. The summed E-state index contributed by atoms with van der Waals surface area (Å²) in [7, 11) is 1.70. The first-order valence-corrected chi connectivity index (χ1v) is 7.85. The second-order valence-corrected chi connectivity index (χ2v) is 6.87. The zero-order valence-electron chi connectivity index (χ0n) is 12.4. The number of hydrogen-bond acceptors (Lipinski definition) is 5. The molecule has 8 atom stereocenters. The van der Waals surface area contributed by atoms with E-state index >= 15 is 0 Å². The second kappa shape index (κ2) is 4.65. The number of rotatable bonds is 1. The van der Waals surface area contributed by atoms with Gasteiger partial charge in [0.05, 0.1) is 0 Å². The topological polar surface area (TPSA) is 46.2 Å². The third kappa shape index (κ3) is 1.61. The molecule has 114 valence electrons. The average molecular weight is 284 g/mol. The van der Waals surface area contributed by atoms with Crippen molar-refractivity contribution in [3.05, 3.63) is 0 Å². The largest absolute Gasteiger partial charge is 0.355 e. The van der Waals surface area contributed by atoms with Crippen LogP contribution in [0.25, 0.3) is 0 Å². The van der Waals surface area contributed by atoms with Crippen LogP contribution in [0, 0.1) is 23.7 Å². The molecule has 1 aliphatic carbocycles. The Kier molecular flexibility index (Phi) is 3.13. The highest BCUT2D eigenvalue weighted by Gasteiger charge is 2.67.